The maximum atomic E-state index is 11.5. The third kappa shape index (κ3) is 5.90. The third-order valence-corrected chi connectivity index (χ3v) is 2.55. The van der Waals surface area contributed by atoms with Gasteiger partial charge in [0.05, 0.1) is 0 Å². The normalized spacial score (nSPS) is 10.3. The molecule has 0 aromatic heterocycles. The highest BCUT2D eigenvalue weighted by Crippen LogP contribution is 2.11. The van der Waals surface area contributed by atoms with E-state index in [9.17, 15) is 9.59 Å². The lowest BCUT2D eigenvalue weighted by Gasteiger charge is -2.08. The van der Waals surface area contributed by atoms with Gasteiger partial charge in [0, 0.05) is 12.1 Å². The van der Waals surface area contributed by atoms with Crippen molar-refractivity contribution >= 4 is 11.8 Å². The molecule has 0 aliphatic carbocycles. The molecule has 0 bridgehead atoms. The van der Waals surface area contributed by atoms with Crippen LogP contribution in [0.5, 0.6) is 5.75 Å². The molecule has 3 N–H and O–H groups in total. The van der Waals surface area contributed by atoms with E-state index in [2.05, 4.69) is 19.2 Å². The SMILES string of the molecule is CC(C)CCNC(=O)COc1ccc(C(N)=O)cc1. The van der Waals surface area contributed by atoms with Gasteiger partial charge in [-0.2, -0.15) is 0 Å². The fourth-order valence-electron chi connectivity index (χ4n) is 1.42. The lowest BCUT2D eigenvalue weighted by molar-refractivity contribution is -0.123. The number of benzene rings is 1. The Morgan fingerprint density at radius 3 is 2.42 bits per heavy atom. The molecule has 1 aromatic rings. The topological polar surface area (TPSA) is 81.4 Å². The Bertz CT molecular complexity index is 427. The fourth-order valence-corrected chi connectivity index (χ4v) is 1.42. The molecular weight excluding hydrogens is 244 g/mol. The molecule has 19 heavy (non-hydrogen) atoms. The van der Waals surface area contributed by atoms with Crippen LogP contribution in [0.3, 0.4) is 0 Å². The van der Waals surface area contributed by atoms with Crippen LogP contribution in [0.1, 0.15) is 30.6 Å². The largest absolute Gasteiger partial charge is 0.484 e. The van der Waals surface area contributed by atoms with Gasteiger partial charge in [0.25, 0.3) is 5.91 Å². The van der Waals surface area contributed by atoms with Crippen LogP contribution in [0.25, 0.3) is 0 Å². The summed E-state index contributed by atoms with van der Waals surface area (Å²) in [5.41, 5.74) is 5.53. The van der Waals surface area contributed by atoms with Gasteiger partial charge in [-0.25, -0.2) is 0 Å². The summed E-state index contributed by atoms with van der Waals surface area (Å²) in [6.45, 7) is 4.82. The van der Waals surface area contributed by atoms with E-state index in [1.54, 1.807) is 24.3 Å². The standard InChI is InChI=1S/C14H20N2O3/c1-10(2)7-8-16-13(17)9-19-12-5-3-11(4-6-12)14(15)18/h3-6,10H,7-9H2,1-2H3,(H2,15,18)(H,16,17). The highest BCUT2D eigenvalue weighted by atomic mass is 16.5. The third-order valence-electron chi connectivity index (χ3n) is 2.55. The molecule has 1 aromatic carbocycles. The number of carbonyl (C=O) groups is 2. The van der Waals surface area contributed by atoms with Crippen LogP contribution in [-0.4, -0.2) is 25.0 Å². The lowest BCUT2D eigenvalue weighted by Crippen LogP contribution is -2.30. The van der Waals surface area contributed by atoms with Gasteiger partial charge < -0.3 is 15.8 Å². The first-order chi connectivity index (χ1) is 8.99. The van der Waals surface area contributed by atoms with Crippen LogP contribution in [0.2, 0.25) is 0 Å². The summed E-state index contributed by atoms with van der Waals surface area (Å²) in [5.74, 6) is 0.448. The number of hydrogen-bond donors (Lipinski definition) is 2. The molecule has 0 aliphatic rings. The van der Waals surface area contributed by atoms with Crippen molar-refractivity contribution in [3.63, 3.8) is 0 Å². The Morgan fingerprint density at radius 1 is 1.26 bits per heavy atom. The summed E-state index contributed by atoms with van der Waals surface area (Å²) < 4.78 is 5.30. The zero-order valence-corrected chi connectivity index (χ0v) is 11.3. The number of nitrogens with two attached hydrogens (primary N) is 1. The van der Waals surface area contributed by atoms with E-state index >= 15 is 0 Å². The van der Waals surface area contributed by atoms with Crippen LogP contribution >= 0.6 is 0 Å². The summed E-state index contributed by atoms with van der Waals surface area (Å²) in [5, 5.41) is 2.78. The van der Waals surface area contributed by atoms with Gasteiger partial charge in [0.15, 0.2) is 6.61 Å². The quantitative estimate of drug-likeness (QED) is 0.779. The Kier molecular flexibility index (Phi) is 5.85. The highest BCUT2D eigenvalue weighted by Gasteiger charge is 2.04. The van der Waals surface area contributed by atoms with Crippen molar-refractivity contribution in [2.45, 2.75) is 20.3 Å². The average Bonchev–Trinajstić information content (AvgIpc) is 2.36. The zero-order valence-electron chi connectivity index (χ0n) is 11.3. The Balaban J connectivity index is 2.32. The minimum Gasteiger partial charge on any atom is -0.484 e. The summed E-state index contributed by atoms with van der Waals surface area (Å²) in [6.07, 6.45) is 0.944. The summed E-state index contributed by atoms with van der Waals surface area (Å²) in [6, 6.07) is 6.35. The van der Waals surface area contributed by atoms with Crippen LogP contribution in [0.4, 0.5) is 0 Å². The van der Waals surface area contributed by atoms with Crippen LogP contribution in [0.15, 0.2) is 24.3 Å². The predicted octanol–water partition coefficient (Wildman–Crippen LogP) is 1.33. The highest BCUT2D eigenvalue weighted by molar-refractivity contribution is 5.92. The minimum absolute atomic E-state index is 0.0337. The Labute approximate surface area is 113 Å². The molecule has 0 atom stereocenters. The first-order valence-corrected chi connectivity index (χ1v) is 6.28. The molecule has 0 aliphatic heterocycles. The Morgan fingerprint density at radius 2 is 1.89 bits per heavy atom. The second-order valence-corrected chi connectivity index (χ2v) is 4.71. The second kappa shape index (κ2) is 7.41. The minimum atomic E-state index is -0.488. The number of carbonyl (C=O) groups excluding carboxylic acids is 2. The van der Waals surface area contributed by atoms with E-state index in [0.29, 0.717) is 23.8 Å². The fraction of sp³-hybridized carbons (Fsp3) is 0.429. The number of rotatable bonds is 7. The first-order valence-electron chi connectivity index (χ1n) is 6.28. The molecule has 0 radical (unpaired) electrons. The van der Waals surface area contributed by atoms with Crippen molar-refractivity contribution in [3.05, 3.63) is 29.8 Å². The first kappa shape index (κ1) is 15.0. The van der Waals surface area contributed by atoms with Gasteiger partial charge >= 0.3 is 0 Å². The van der Waals surface area contributed by atoms with Gasteiger partial charge in [-0.3, -0.25) is 9.59 Å². The van der Waals surface area contributed by atoms with Crippen LogP contribution < -0.4 is 15.8 Å². The molecule has 5 heteroatoms. The number of primary amides is 1. The van der Waals surface area contributed by atoms with Gasteiger partial charge in [0.1, 0.15) is 5.75 Å². The van der Waals surface area contributed by atoms with E-state index in [-0.39, 0.29) is 12.5 Å². The van der Waals surface area contributed by atoms with Gasteiger partial charge in [-0.15, -0.1) is 0 Å². The molecule has 5 nitrogen and oxygen atoms in total. The summed E-state index contributed by atoms with van der Waals surface area (Å²) in [4.78, 5) is 22.3. The van der Waals surface area contributed by atoms with Crippen molar-refractivity contribution in [2.24, 2.45) is 11.7 Å². The molecule has 2 amide bonds. The van der Waals surface area contributed by atoms with Gasteiger partial charge in [-0.1, -0.05) is 13.8 Å². The maximum Gasteiger partial charge on any atom is 0.257 e. The van der Waals surface area contributed by atoms with Crippen molar-refractivity contribution in [1.29, 1.82) is 0 Å². The van der Waals surface area contributed by atoms with Crippen molar-refractivity contribution in [3.8, 4) is 5.75 Å². The molecule has 104 valence electrons. The van der Waals surface area contributed by atoms with E-state index in [1.807, 2.05) is 0 Å². The maximum absolute atomic E-state index is 11.5. The molecule has 0 saturated carbocycles. The van der Waals surface area contributed by atoms with E-state index in [1.165, 1.54) is 0 Å². The van der Waals surface area contributed by atoms with Crippen molar-refractivity contribution in [1.82, 2.24) is 5.32 Å². The number of hydrogen-bond acceptors (Lipinski definition) is 3. The van der Waals surface area contributed by atoms with Gasteiger partial charge in [0.2, 0.25) is 5.91 Å². The van der Waals surface area contributed by atoms with Crippen LogP contribution in [-0.2, 0) is 4.79 Å². The van der Waals surface area contributed by atoms with Gasteiger partial charge in [-0.05, 0) is 36.6 Å². The summed E-state index contributed by atoms with van der Waals surface area (Å²) in [7, 11) is 0. The summed E-state index contributed by atoms with van der Waals surface area (Å²) >= 11 is 0. The van der Waals surface area contributed by atoms with E-state index in [0.717, 1.165) is 6.42 Å². The zero-order chi connectivity index (χ0) is 14.3. The smallest absolute Gasteiger partial charge is 0.257 e. The van der Waals surface area contributed by atoms with Crippen molar-refractivity contribution in [2.75, 3.05) is 13.2 Å². The molecule has 0 saturated heterocycles. The molecule has 1 rings (SSSR count). The monoisotopic (exact) mass is 264 g/mol. The van der Waals surface area contributed by atoms with Crippen LogP contribution in [0, 0.1) is 5.92 Å². The molecule has 0 fully saturated rings. The Hall–Kier alpha value is -2.04. The molecule has 0 unspecified atom stereocenters. The van der Waals surface area contributed by atoms with Crippen molar-refractivity contribution < 1.29 is 14.3 Å². The lowest BCUT2D eigenvalue weighted by atomic mass is 10.1. The second-order valence-electron chi connectivity index (χ2n) is 4.71. The van der Waals surface area contributed by atoms with E-state index < -0.39 is 5.91 Å². The number of nitrogens with one attached hydrogen (secondary N) is 1. The molecule has 0 heterocycles. The van der Waals surface area contributed by atoms with E-state index in [4.69, 9.17) is 10.5 Å². The molecular formula is C14H20N2O3. The molecule has 0 spiro atoms. The number of amides is 2. The predicted molar refractivity (Wildman–Crippen MR) is 72.9 cm³/mol. The average molecular weight is 264 g/mol. The number of ether oxygens (including phenoxy) is 1.